The third-order valence-corrected chi connectivity index (χ3v) is 3.42. The summed E-state index contributed by atoms with van der Waals surface area (Å²) in [5.74, 6) is -0.234. The fourth-order valence-corrected chi connectivity index (χ4v) is 2.23. The molecule has 1 N–H and O–H groups in total. The van der Waals surface area contributed by atoms with Crippen molar-refractivity contribution in [3.8, 4) is 5.75 Å². The highest BCUT2D eigenvalue weighted by molar-refractivity contribution is 6.35. The topological polar surface area (TPSA) is 58.6 Å². The van der Waals surface area contributed by atoms with Crippen LogP contribution in [-0.4, -0.2) is 42.5 Å². The second-order valence-electron chi connectivity index (χ2n) is 6.07. The number of likely N-dealkylation sites (N-methyl/N-ethyl adjacent to an activating group) is 1. The average Bonchev–Trinajstić information content (AvgIpc) is 2.47. The number of rotatable bonds is 5. The Balaban J connectivity index is 2.49. The van der Waals surface area contributed by atoms with Gasteiger partial charge >= 0.3 is 11.8 Å². The molecule has 0 radical (unpaired) electrons. The summed E-state index contributed by atoms with van der Waals surface area (Å²) in [7, 11) is 1.62. The van der Waals surface area contributed by atoms with Crippen molar-refractivity contribution in [2.75, 3.05) is 20.2 Å². The van der Waals surface area contributed by atoms with Crippen molar-refractivity contribution < 1.29 is 14.3 Å². The van der Waals surface area contributed by atoms with E-state index in [0.717, 1.165) is 11.3 Å². The third-order valence-electron chi connectivity index (χ3n) is 3.42. The highest BCUT2D eigenvalue weighted by Crippen LogP contribution is 2.13. The van der Waals surface area contributed by atoms with Gasteiger partial charge in [0.15, 0.2) is 0 Å². The standard InChI is InChI=1S/C17H26N2O3/c1-6-19(17(2,3)4)16(21)15(20)18-12-11-13-7-9-14(22-5)10-8-13/h7-10H,6,11-12H2,1-5H3,(H,18,20). The van der Waals surface area contributed by atoms with Crippen molar-refractivity contribution in [1.82, 2.24) is 10.2 Å². The number of carbonyl (C=O) groups is 2. The number of hydrogen-bond donors (Lipinski definition) is 1. The molecule has 0 unspecified atom stereocenters. The second kappa shape index (κ2) is 7.82. The number of ether oxygens (including phenoxy) is 1. The number of nitrogens with zero attached hydrogens (tertiary/aromatic N) is 1. The van der Waals surface area contributed by atoms with Crippen LogP contribution < -0.4 is 10.1 Å². The lowest BCUT2D eigenvalue weighted by Gasteiger charge is -2.34. The number of nitrogens with one attached hydrogen (secondary N) is 1. The van der Waals surface area contributed by atoms with Crippen molar-refractivity contribution in [3.63, 3.8) is 0 Å². The molecule has 5 heteroatoms. The molecule has 122 valence electrons. The summed E-state index contributed by atoms with van der Waals surface area (Å²) in [6.07, 6.45) is 0.671. The normalized spacial score (nSPS) is 11.0. The first-order valence-electron chi connectivity index (χ1n) is 7.52. The Bertz CT molecular complexity index is 504. The predicted octanol–water partition coefficient (Wildman–Crippen LogP) is 2.00. The second-order valence-corrected chi connectivity index (χ2v) is 6.07. The Labute approximate surface area is 132 Å². The summed E-state index contributed by atoms with van der Waals surface area (Å²) in [5, 5.41) is 2.69. The van der Waals surface area contributed by atoms with E-state index in [1.54, 1.807) is 12.0 Å². The smallest absolute Gasteiger partial charge is 0.312 e. The van der Waals surface area contributed by atoms with Gasteiger partial charge < -0.3 is 15.0 Å². The third kappa shape index (κ3) is 5.06. The van der Waals surface area contributed by atoms with E-state index in [2.05, 4.69) is 5.32 Å². The number of methoxy groups -OCH3 is 1. The number of carbonyl (C=O) groups excluding carboxylic acids is 2. The van der Waals surface area contributed by atoms with Gasteiger partial charge in [-0.15, -0.1) is 0 Å². The maximum Gasteiger partial charge on any atom is 0.312 e. The Hall–Kier alpha value is -2.04. The molecule has 0 saturated carbocycles. The zero-order chi connectivity index (χ0) is 16.8. The predicted molar refractivity (Wildman–Crippen MR) is 86.8 cm³/mol. The first-order chi connectivity index (χ1) is 10.3. The number of amides is 2. The molecule has 1 aromatic carbocycles. The molecular formula is C17H26N2O3. The Morgan fingerprint density at radius 1 is 1.18 bits per heavy atom. The fourth-order valence-electron chi connectivity index (χ4n) is 2.23. The molecular weight excluding hydrogens is 280 g/mol. The zero-order valence-corrected chi connectivity index (χ0v) is 14.1. The SMILES string of the molecule is CCN(C(=O)C(=O)NCCc1ccc(OC)cc1)C(C)(C)C. The molecule has 1 rings (SSSR count). The minimum absolute atomic E-state index is 0.362. The molecule has 1 aromatic rings. The molecule has 0 saturated heterocycles. The van der Waals surface area contributed by atoms with Crippen LogP contribution in [-0.2, 0) is 16.0 Å². The summed E-state index contributed by atoms with van der Waals surface area (Å²) < 4.78 is 5.09. The summed E-state index contributed by atoms with van der Waals surface area (Å²) in [4.78, 5) is 25.7. The van der Waals surface area contributed by atoms with Gasteiger partial charge in [0, 0.05) is 18.6 Å². The maximum absolute atomic E-state index is 12.1. The van der Waals surface area contributed by atoms with Crippen LogP contribution in [0.1, 0.15) is 33.3 Å². The summed E-state index contributed by atoms with van der Waals surface area (Å²) in [6.45, 7) is 8.55. The van der Waals surface area contributed by atoms with Crippen molar-refractivity contribution >= 4 is 11.8 Å². The van der Waals surface area contributed by atoms with Crippen molar-refractivity contribution in [2.45, 2.75) is 39.7 Å². The van der Waals surface area contributed by atoms with E-state index < -0.39 is 11.8 Å². The lowest BCUT2D eigenvalue weighted by Crippen LogP contribution is -2.51. The van der Waals surface area contributed by atoms with Crippen LogP contribution in [0.15, 0.2) is 24.3 Å². The lowest BCUT2D eigenvalue weighted by molar-refractivity contribution is -0.148. The molecule has 0 aliphatic carbocycles. The van der Waals surface area contributed by atoms with Crippen LogP contribution >= 0.6 is 0 Å². The molecule has 0 bridgehead atoms. The highest BCUT2D eigenvalue weighted by atomic mass is 16.5. The molecule has 0 aromatic heterocycles. The van der Waals surface area contributed by atoms with Crippen LogP contribution in [0.2, 0.25) is 0 Å². The summed E-state index contributed by atoms with van der Waals surface area (Å²) in [5.41, 5.74) is 0.718. The van der Waals surface area contributed by atoms with E-state index in [-0.39, 0.29) is 5.54 Å². The molecule has 0 aliphatic heterocycles. The van der Waals surface area contributed by atoms with Gasteiger partial charge in [0.05, 0.1) is 7.11 Å². The van der Waals surface area contributed by atoms with Crippen LogP contribution in [0, 0.1) is 0 Å². The Morgan fingerprint density at radius 2 is 1.77 bits per heavy atom. The van der Waals surface area contributed by atoms with Gasteiger partial charge in [0.1, 0.15) is 5.75 Å². The maximum atomic E-state index is 12.1. The van der Waals surface area contributed by atoms with Gasteiger partial charge in [-0.2, -0.15) is 0 Å². The van der Waals surface area contributed by atoms with Gasteiger partial charge in [0.25, 0.3) is 0 Å². The average molecular weight is 306 g/mol. The Morgan fingerprint density at radius 3 is 2.23 bits per heavy atom. The van der Waals surface area contributed by atoms with Crippen LogP contribution in [0.4, 0.5) is 0 Å². The Kier molecular flexibility index (Phi) is 6.40. The largest absolute Gasteiger partial charge is 0.497 e. The van der Waals surface area contributed by atoms with E-state index in [4.69, 9.17) is 4.74 Å². The van der Waals surface area contributed by atoms with E-state index in [9.17, 15) is 9.59 Å². The van der Waals surface area contributed by atoms with E-state index >= 15 is 0 Å². The molecule has 22 heavy (non-hydrogen) atoms. The highest BCUT2D eigenvalue weighted by Gasteiger charge is 2.29. The molecule has 0 atom stereocenters. The number of hydrogen-bond acceptors (Lipinski definition) is 3. The first-order valence-corrected chi connectivity index (χ1v) is 7.52. The van der Waals surface area contributed by atoms with Crippen molar-refractivity contribution in [2.24, 2.45) is 0 Å². The first kappa shape index (κ1) is 18.0. The fraction of sp³-hybridized carbons (Fsp3) is 0.529. The van der Waals surface area contributed by atoms with E-state index in [0.29, 0.717) is 19.5 Å². The number of benzene rings is 1. The van der Waals surface area contributed by atoms with Gasteiger partial charge in [-0.25, -0.2) is 0 Å². The van der Waals surface area contributed by atoms with Crippen LogP contribution in [0.3, 0.4) is 0 Å². The minimum Gasteiger partial charge on any atom is -0.497 e. The van der Waals surface area contributed by atoms with E-state index in [1.165, 1.54) is 0 Å². The molecule has 5 nitrogen and oxygen atoms in total. The summed E-state index contributed by atoms with van der Waals surface area (Å²) >= 11 is 0. The van der Waals surface area contributed by atoms with Gasteiger partial charge in [-0.3, -0.25) is 9.59 Å². The van der Waals surface area contributed by atoms with Crippen molar-refractivity contribution in [3.05, 3.63) is 29.8 Å². The monoisotopic (exact) mass is 306 g/mol. The zero-order valence-electron chi connectivity index (χ0n) is 14.1. The molecule has 0 fully saturated rings. The summed E-state index contributed by atoms with van der Waals surface area (Å²) in [6, 6.07) is 7.64. The quantitative estimate of drug-likeness (QED) is 0.847. The van der Waals surface area contributed by atoms with Crippen LogP contribution in [0.25, 0.3) is 0 Å². The van der Waals surface area contributed by atoms with E-state index in [1.807, 2.05) is 52.0 Å². The van der Waals surface area contributed by atoms with Gasteiger partial charge in [-0.1, -0.05) is 12.1 Å². The van der Waals surface area contributed by atoms with Gasteiger partial charge in [-0.05, 0) is 51.8 Å². The molecule has 0 heterocycles. The molecule has 0 aliphatic rings. The van der Waals surface area contributed by atoms with Gasteiger partial charge in [0.2, 0.25) is 0 Å². The minimum atomic E-state index is -0.551. The lowest BCUT2D eigenvalue weighted by atomic mass is 10.1. The van der Waals surface area contributed by atoms with Crippen LogP contribution in [0.5, 0.6) is 5.75 Å². The molecule has 2 amide bonds. The molecule has 0 spiro atoms. The van der Waals surface area contributed by atoms with Crippen molar-refractivity contribution in [1.29, 1.82) is 0 Å².